The van der Waals surface area contributed by atoms with E-state index >= 15 is 0 Å². The molecule has 0 saturated heterocycles. The predicted molar refractivity (Wildman–Crippen MR) is 81.9 cm³/mol. The quantitative estimate of drug-likeness (QED) is 0.677. The molecule has 4 nitrogen and oxygen atoms in total. The van der Waals surface area contributed by atoms with Crippen molar-refractivity contribution in [3.05, 3.63) is 29.3 Å². The maximum absolute atomic E-state index is 14.1. The molecule has 120 valence electrons. The number of halogens is 2. The van der Waals surface area contributed by atoms with Gasteiger partial charge in [-0.3, -0.25) is 0 Å². The van der Waals surface area contributed by atoms with Crippen LogP contribution in [-0.4, -0.2) is 34.0 Å². The van der Waals surface area contributed by atoms with Crippen LogP contribution in [0.5, 0.6) is 0 Å². The monoisotopic (exact) mass is 338 g/mol. The summed E-state index contributed by atoms with van der Waals surface area (Å²) in [7, 11) is -2.43. The Bertz CT molecular complexity index is 566. The largest absolute Gasteiger partial charge is 0.315 e. The zero-order valence-corrected chi connectivity index (χ0v) is 13.7. The summed E-state index contributed by atoms with van der Waals surface area (Å²) in [6, 6.07) is 1.92. The number of sulfonamides is 1. The molecule has 1 aromatic rings. The van der Waals surface area contributed by atoms with Gasteiger partial charge in [-0.05, 0) is 44.0 Å². The van der Waals surface area contributed by atoms with Crippen LogP contribution < -0.4 is 10.0 Å². The Labute approximate surface area is 128 Å². The first-order chi connectivity index (χ1) is 9.94. The van der Waals surface area contributed by atoms with Crippen molar-refractivity contribution >= 4 is 21.8 Å². The third-order valence-corrected chi connectivity index (χ3v) is 5.04. The van der Waals surface area contributed by atoms with Crippen molar-refractivity contribution in [3.8, 4) is 0 Å². The summed E-state index contributed by atoms with van der Waals surface area (Å²) in [6.45, 7) is 0.163. The van der Waals surface area contributed by atoms with Crippen LogP contribution >= 0.6 is 11.8 Å². The maximum Gasteiger partial charge on any atom is 0.243 e. The molecule has 0 bridgehead atoms. The van der Waals surface area contributed by atoms with Gasteiger partial charge in [0, 0.05) is 18.7 Å². The number of hydrogen-bond acceptors (Lipinski definition) is 4. The van der Waals surface area contributed by atoms with Crippen molar-refractivity contribution in [2.45, 2.75) is 24.3 Å². The molecule has 8 heteroatoms. The molecular weight excluding hydrogens is 318 g/mol. The SMILES string of the molecule is CNCc1c(F)ccc(S(=O)(=O)NCCCCSC)c1F. The molecular formula is C13H20F2N2O2S2. The maximum atomic E-state index is 14.1. The summed E-state index contributed by atoms with van der Waals surface area (Å²) < 4.78 is 54.1. The predicted octanol–water partition coefficient (Wildman–Crippen LogP) is 2.11. The van der Waals surface area contributed by atoms with Gasteiger partial charge in [0.1, 0.15) is 10.7 Å². The Hall–Kier alpha value is -0.700. The van der Waals surface area contributed by atoms with Crippen LogP contribution in [0.2, 0.25) is 0 Å². The number of hydrogen-bond donors (Lipinski definition) is 2. The number of thioether (sulfide) groups is 1. The molecule has 0 aromatic heterocycles. The van der Waals surface area contributed by atoms with E-state index in [1.54, 1.807) is 11.8 Å². The average Bonchev–Trinajstić information content (AvgIpc) is 2.42. The zero-order valence-electron chi connectivity index (χ0n) is 12.1. The molecule has 21 heavy (non-hydrogen) atoms. The molecule has 0 amide bonds. The van der Waals surface area contributed by atoms with Gasteiger partial charge >= 0.3 is 0 Å². The van der Waals surface area contributed by atoms with Gasteiger partial charge in [0.2, 0.25) is 10.0 Å². The molecule has 0 atom stereocenters. The number of rotatable bonds is 9. The lowest BCUT2D eigenvalue weighted by Crippen LogP contribution is -2.26. The van der Waals surface area contributed by atoms with Crippen LogP contribution in [0.1, 0.15) is 18.4 Å². The zero-order chi connectivity index (χ0) is 15.9. The first-order valence-electron chi connectivity index (χ1n) is 6.54. The van der Waals surface area contributed by atoms with E-state index in [1.165, 1.54) is 7.05 Å². The number of nitrogens with one attached hydrogen (secondary N) is 2. The van der Waals surface area contributed by atoms with Crippen LogP contribution in [0, 0.1) is 11.6 Å². The minimum absolute atomic E-state index is 0.0747. The Morgan fingerprint density at radius 1 is 1.24 bits per heavy atom. The Kier molecular flexibility index (Phi) is 7.58. The molecule has 0 aliphatic heterocycles. The lowest BCUT2D eigenvalue weighted by atomic mass is 10.2. The Morgan fingerprint density at radius 2 is 1.95 bits per heavy atom. The molecule has 0 aliphatic rings. The Balaban J connectivity index is 2.86. The summed E-state index contributed by atoms with van der Waals surface area (Å²) >= 11 is 1.68. The highest BCUT2D eigenvalue weighted by Gasteiger charge is 2.22. The van der Waals surface area contributed by atoms with Crippen molar-refractivity contribution in [3.63, 3.8) is 0 Å². The van der Waals surface area contributed by atoms with E-state index in [0.717, 1.165) is 24.3 Å². The average molecular weight is 338 g/mol. The van der Waals surface area contributed by atoms with Crippen LogP contribution in [0.3, 0.4) is 0 Å². The fourth-order valence-electron chi connectivity index (χ4n) is 1.78. The van der Waals surface area contributed by atoms with Gasteiger partial charge in [-0.2, -0.15) is 11.8 Å². The summed E-state index contributed by atoms with van der Waals surface area (Å²) in [6.07, 6.45) is 3.52. The number of benzene rings is 1. The second kappa shape index (κ2) is 8.67. The molecule has 1 rings (SSSR count). The standard InChI is InChI=1S/C13H20F2N2O2S2/c1-16-9-10-11(14)5-6-12(13(10)15)21(18,19)17-7-3-4-8-20-2/h5-6,16-17H,3-4,7-9H2,1-2H3. The van der Waals surface area contributed by atoms with Gasteiger partial charge in [-0.25, -0.2) is 21.9 Å². The highest BCUT2D eigenvalue weighted by atomic mass is 32.2. The van der Waals surface area contributed by atoms with Crippen molar-refractivity contribution in [1.29, 1.82) is 0 Å². The van der Waals surface area contributed by atoms with E-state index in [-0.39, 0.29) is 18.7 Å². The van der Waals surface area contributed by atoms with Gasteiger partial charge < -0.3 is 5.32 Å². The van der Waals surface area contributed by atoms with E-state index in [0.29, 0.717) is 6.42 Å². The fourth-order valence-corrected chi connectivity index (χ4v) is 3.45. The highest BCUT2D eigenvalue weighted by molar-refractivity contribution is 7.98. The third-order valence-electron chi connectivity index (χ3n) is 2.86. The van der Waals surface area contributed by atoms with E-state index < -0.39 is 26.6 Å². The molecule has 1 aromatic carbocycles. The van der Waals surface area contributed by atoms with E-state index in [9.17, 15) is 17.2 Å². The fraction of sp³-hybridized carbons (Fsp3) is 0.538. The second-order valence-electron chi connectivity index (χ2n) is 4.47. The van der Waals surface area contributed by atoms with Gasteiger partial charge in [-0.15, -0.1) is 0 Å². The van der Waals surface area contributed by atoms with Crippen LogP contribution in [0.15, 0.2) is 17.0 Å². The molecule has 0 heterocycles. The minimum atomic E-state index is -3.96. The molecule has 0 saturated carbocycles. The molecule has 0 spiro atoms. The van der Waals surface area contributed by atoms with Crippen LogP contribution in [0.4, 0.5) is 8.78 Å². The first-order valence-corrected chi connectivity index (χ1v) is 9.41. The van der Waals surface area contributed by atoms with Crippen molar-refractivity contribution < 1.29 is 17.2 Å². The summed E-state index contributed by atoms with van der Waals surface area (Å²) in [5.41, 5.74) is -0.275. The number of unbranched alkanes of at least 4 members (excludes halogenated alkanes) is 1. The normalized spacial score (nSPS) is 11.8. The Morgan fingerprint density at radius 3 is 2.57 bits per heavy atom. The first kappa shape index (κ1) is 18.3. The lowest BCUT2D eigenvalue weighted by molar-refractivity contribution is 0.517. The second-order valence-corrected chi connectivity index (χ2v) is 7.19. The van der Waals surface area contributed by atoms with Crippen LogP contribution in [-0.2, 0) is 16.6 Å². The highest BCUT2D eigenvalue weighted by Crippen LogP contribution is 2.21. The van der Waals surface area contributed by atoms with Crippen molar-refractivity contribution in [2.24, 2.45) is 0 Å². The van der Waals surface area contributed by atoms with Gasteiger partial charge in [0.25, 0.3) is 0 Å². The molecule has 2 N–H and O–H groups in total. The lowest BCUT2D eigenvalue weighted by Gasteiger charge is -2.11. The molecule has 0 fully saturated rings. The van der Waals surface area contributed by atoms with Gasteiger partial charge in [-0.1, -0.05) is 0 Å². The van der Waals surface area contributed by atoms with E-state index in [4.69, 9.17) is 0 Å². The van der Waals surface area contributed by atoms with Gasteiger partial charge in [0.15, 0.2) is 5.82 Å². The van der Waals surface area contributed by atoms with Crippen molar-refractivity contribution in [1.82, 2.24) is 10.0 Å². The van der Waals surface area contributed by atoms with Crippen LogP contribution in [0.25, 0.3) is 0 Å². The summed E-state index contributed by atoms with van der Waals surface area (Å²) in [5.74, 6) is -0.861. The van der Waals surface area contributed by atoms with E-state index in [1.807, 2.05) is 6.26 Å². The van der Waals surface area contributed by atoms with E-state index in [2.05, 4.69) is 10.0 Å². The molecule has 0 radical (unpaired) electrons. The van der Waals surface area contributed by atoms with Crippen molar-refractivity contribution in [2.75, 3.05) is 25.6 Å². The smallest absolute Gasteiger partial charge is 0.243 e. The molecule has 0 aliphatic carbocycles. The van der Waals surface area contributed by atoms with Gasteiger partial charge in [0.05, 0.1) is 0 Å². The summed E-state index contributed by atoms with van der Waals surface area (Å²) in [4.78, 5) is -0.515. The molecule has 0 unspecified atom stereocenters. The minimum Gasteiger partial charge on any atom is -0.315 e. The topological polar surface area (TPSA) is 58.2 Å². The third kappa shape index (κ3) is 5.21. The summed E-state index contributed by atoms with van der Waals surface area (Å²) in [5, 5.41) is 2.61.